The molecule has 1 heterocycles. The molecule has 0 amide bonds. The first kappa shape index (κ1) is 14.8. The molecule has 1 N–H and O–H groups in total. The monoisotopic (exact) mass is 389 g/mol. The molecule has 0 aliphatic rings. The standard InChI is InChI=1S/C14H17ClIN3/c1-14(2,3)17-7-10-6-11(15)4-5-13(10)19-9-12(16)8-18-19/h4-6,8-9,17H,7H2,1-3H3. The lowest BCUT2D eigenvalue weighted by Crippen LogP contribution is -2.35. The summed E-state index contributed by atoms with van der Waals surface area (Å²) >= 11 is 8.36. The van der Waals surface area contributed by atoms with Crippen molar-refractivity contribution in [3.8, 4) is 5.69 Å². The van der Waals surface area contributed by atoms with Crippen LogP contribution in [0.5, 0.6) is 0 Å². The van der Waals surface area contributed by atoms with E-state index in [1.165, 1.54) is 0 Å². The fourth-order valence-corrected chi connectivity index (χ4v) is 2.30. The molecule has 2 rings (SSSR count). The molecule has 0 fully saturated rings. The van der Waals surface area contributed by atoms with Crippen LogP contribution < -0.4 is 5.32 Å². The van der Waals surface area contributed by atoms with Gasteiger partial charge in [-0.15, -0.1) is 0 Å². The molecule has 5 heteroatoms. The van der Waals surface area contributed by atoms with Gasteiger partial charge in [-0.25, -0.2) is 4.68 Å². The van der Waals surface area contributed by atoms with Gasteiger partial charge in [-0.2, -0.15) is 5.10 Å². The van der Waals surface area contributed by atoms with Gasteiger partial charge in [0, 0.05) is 23.3 Å². The van der Waals surface area contributed by atoms with Crippen molar-refractivity contribution in [1.82, 2.24) is 15.1 Å². The molecule has 0 bridgehead atoms. The molecule has 3 nitrogen and oxygen atoms in total. The quantitative estimate of drug-likeness (QED) is 0.804. The smallest absolute Gasteiger partial charge is 0.0691 e. The lowest BCUT2D eigenvalue weighted by molar-refractivity contribution is 0.424. The summed E-state index contributed by atoms with van der Waals surface area (Å²) in [5.41, 5.74) is 2.27. The summed E-state index contributed by atoms with van der Waals surface area (Å²) in [5.74, 6) is 0. The van der Waals surface area contributed by atoms with E-state index in [1.807, 2.05) is 35.3 Å². The molecule has 0 unspecified atom stereocenters. The number of nitrogens with zero attached hydrogens (tertiary/aromatic N) is 2. The van der Waals surface area contributed by atoms with Gasteiger partial charge in [0.25, 0.3) is 0 Å². The Morgan fingerprint density at radius 3 is 2.68 bits per heavy atom. The van der Waals surface area contributed by atoms with Crippen molar-refractivity contribution in [3.05, 3.63) is 44.7 Å². The highest BCUT2D eigenvalue weighted by molar-refractivity contribution is 14.1. The molecule has 0 aliphatic heterocycles. The third kappa shape index (κ3) is 4.19. The number of rotatable bonds is 3. The predicted octanol–water partition coefficient (Wildman–Crippen LogP) is 4.02. The van der Waals surface area contributed by atoms with E-state index in [2.05, 4.69) is 53.8 Å². The first-order chi connectivity index (χ1) is 8.85. The van der Waals surface area contributed by atoms with Crippen LogP contribution in [0.1, 0.15) is 26.3 Å². The zero-order valence-corrected chi connectivity index (χ0v) is 14.2. The Morgan fingerprint density at radius 2 is 2.11 bits per heavy atom. The largest absolute Gasteiger partial charge is 0.308 e. The van der Waals surface area contributed by atoms with Gasteiger partial charge in [-0.1, -0.05) is 11.6 Å². The Labute approximate surface area is 132 Å². The number of hydrogen-bond donors (Lipinski definition) is 1. The number of aromatic nitrogens is 2. The van der Waals surface area contributed by atoms with Gasteiger partial charge in [0.15, 0.2) is 0 Å². The van der Waals surface area contributed by atoms with Crippen molar-refractivity contribution in [2.45, 2.75) is 32.9 Å². The van der Waals surface area contributed by atoms with E-state index in [-0.39, 0.29) is 5.54 Å². The maximum absolute atomic E-state index is 6.10. The molecule has 0 radical (unpaired) electrons. The normalized spacial score (nSPS) is 11.8. The van der Waals surface area contributed by atoms with Gasteiger partial charge in [0.05, 0.1) is 15.5 Å². The highest BCUT2D eigenvalue weighted by Crippen LogP contribution is 2.20. The van der Waals surface area contributed by atoms with E-state index in [4.69, 9.17) is 11.6 Å². The van der Waals surface area contributed by atoms with Crippen molar-refractivity contribution in [2.75, 3.05) is 0 Å². The summed E-state index contributed by atoms with van der Waals surface area (Å²) in [6.07, 6.45) is 3.85. The van der Waals surface area contributed by atoms with E-state index in [0.717, 1.165) is 26.4 Å². The van der Waals surface area contributed by atoms with Crippen LogP contribution >= 0.6 is 34.2 Å². The minimum atomic E-state index is 0.0676. The lowest BCUT2D eigenvalue weighted by atomic mass is 10.1. The second-order valence-electron chi connectivity index (χ2n) is 5.48. The van der Waals surface area contributed by atoms with Crippen LogP contribution in [-0.2, 0) is 6.54 Å². The average molecular weight is 390 g/mol. The summed E-state index contributed by atoms with van der Waals surface area (Å²) in [6, 6.07) is 5.89. The SMILES string of the molecule is CC(C)(C)NCc1cc(Cl)ccc1-n1cc(I)cn1. The van der Waals surface area contributed by atoms with Crippen LogP contribution in [0, 0.1) is 3.57 Å². The molecule has 2 aromatic rings. The summed E-state index contributed by atoms with van der Waals surface area (Å²) in [4.78, 5) is 0. The van der Waals surface area contributed by atoms with Gasteiger partial charge < -0.3 is 5.32 Å². The van der Waals surface area contributed by atoms with Gasteiger partial charge in [0.2, 0.25) is 0 Å². The van der Waals surface area contributed by atoms with Crippen LogP contribution in [0.3, 0.4) is 0 Å². The first-order valence-electron chi connectivity index (χ1n) is 6.09. The third-order valence-electron chi connectivity index (χ3n) is 2.65. The Bertz CT molecular complexity index is 572. The Morgan fingerprint density at radius 1 is 1.37 bits per heavy atom. The Balaban J connectivity index is 2.33. The van der Waals surface area contributed by atoms with Crippen molar-refractivity contribution >= 4 is 34.2 Å². The molecule has 102 valence electrons. The molecule has 1 aromatic heterocycles. The molecule has 1 aromatic carbocycles. The molecule has 0 saturated heterocycles. The first-order valence-corrected chi connectivity index (χ1v) is 7.55. The van der Waals surface area contributed by atoms with Gasteiger partial charge >= 0.3 is 0 Å². The Kier molecular flexibility index (Phi) is 4.53. The average Bonchev–Trinajstić information content (AvgIpc) is 2.72. The van der Waals surface area contributed by atoms with E-state index >= 15 is 0 Å². The van der Waals surface area contributed by atoms with E-state index < -0.39 is 0 Å². The van der Waals surface area contributed by atoms with E-state index in [1.54, 1.807) is 0 Å². The Hall–Kier alpha value is -0.590. The molecular formula is C14H17ClIN3. The van der Waals surface area contributed by atoms with Crippen molar-refractivity contribution in [2.24, 2.45) is 0 Å². The van der Waals surface area contributed by atoms with Crippen LogP contribution in [0.15, 0.2) is 30.6 Å². The second-order valence-corrected chi connectivity index (χ2v) is 7.16. The predicted molar refractivity (Wildman–Crippen MR) is 87.9 cm³/mol. The number of hydrogen-bond acceptors (Lipinski definition) is 2. The lowest BCUT2D eigenvalue weighted by Gasteiger charge is -2.21. The van der Waals surface area contributed by atoms with Gasteiger partial charge in [-0.3, -0.25) is 0 Å². The zero-order chi connectivity index (χ0) is 14.0. The van der Waals surface area contributed by atoms with Crippen molar-refractivity contribution in [3.63, 3.8) is 0 Å². The van der Waals surface area contributed by atoms with Gasteiger partial charge in [0.1, 0.15) is 0 Å². The summed E-state index contributed by atoms with van der Waals surface area (Å²) in [6.45, 7) is 7.20. The molecule has 0 aliphatic carbocycles. The maximum Gasteiger partial charge on any atom is 0.0691 e. The van der Waals surface area contributed by atoms with E-state index in [0.29, 0.717) is 0 Å². The summed E-state index contributed by atoms with van der Waals surface area (Å²) in [7, 11) is 0. The van der Waals surface area contributed by atoms with Crippen LogP contribution in [0.2, 0.25) is 5.02 Å². The van der Waals surface area contributed by atoms with Crippen LogP contribution in [-0.4, -0.2) is 15.3 Å². The van der Waals surface area contributed by atoms with E-state index in [9.17, 15) is 0 Å². The minimum absolute atomic E-state index is 0.0676. The topological polar surface area (TPSA) is 29.9 Å². The molecular weight excluding hydrogens is 373 g/mol. The summed E-state index contributed by atoms with van der Waals surface area (Å²) in [5, 5.41) is 8.59. The van der Waals surface area contributed by atoms with Crippen LogP contribution in [0.4, 0.5) is 0 Å². The number of nitrogens with one attached hydrogen (secondary N) is 1. The fourth-order valence-electron chi connectivity index (χ4n) is 1.71. The van der Waals surface area contributed by atoms with Crippen molar-refractivity contribution < 1.29 is 0 Å². The fraction of sp³-hybridized carbons (Fsp3) is 0.357. The highest BCUT2D eigenvalue weighted by atomic mass is 127. The molecule has 19 heavy (non-hydrogen) atoms. The molecule has 0 spiro atoms. The summed E-state index contributed by atoms with van der Waals surface area (Å²) < 4.78 is 3.00. The molecule has 0 atom stereocenters. The zero-order valence-electron chi connectivity index (χ0n) is 11.2. The highest BCUT2D eigenvalue weighted by Gasteiger charge is 2.12. The number of halogens is 2. The van der Waals surface area contributed by atoms with Crippen molar-refractivity contribution in [1.29, 1.82) is 0 Å². The third-order valence-corrected chi connectivity index (χ3v) is 3.44. The van der Waals surface area contributed by atoms with Gasteiger partial charge in [-0.05, 0) is 67.1 Å². The molecule has 0 saturated carbocycles. The van der Waals surface area contributed by atoms with Crippen LogP contribution in [0.25, 0.3) is 5.69 Å². The minimum Gasteiger partial charge on any atom is -0.308 e. The maximum atomic E-state index is 6.10. The second kappa shape index (κ2) is 5.81. The number of benzene rings is 1.